The van der Waals surface area contributed by atoms with Gasteiger partial charge in [-0.2, -0.15) is 0 Å². The van der Waals surface area contributed by atoms with E-state index in [9.17, 15) is 0 Å². The lowest BCUT2D eigenvalue weighted by Gasteiger charge is -2.13. The summed E-state index contributed by atoms with van der Waals surface area (Å²) in [5.74, 6) is 1.65. The molecular weight excluding hydrogens is 212 g/mol. The van der Waals surface area contributed by atoms with E-state index in [1.54, 1.807) is 25.3 Å². The lowest BCUT2D eigenvalue weighted by atomic mass is 10.3. The molecule has 0 amide bonds. The van der Waals surface area contributed by atoms with Crippen LogP contribution in [0.25, 0.3) is 0 Å². The smallest absolute Gasteiger partial charge is 0.164 e. The zero-order chi connectivity index (χ0) is 12.0. The lowest BCUT2D eigenvalue weighted by Crippen LogP contribution is -2.21. The van der Waals surface area contributed by atoms with E-state index in [-0.39, 0.29) is 13.2 Å². The molecule has 5 nitrogen and oxygen atoms in total. The minimum atomic E-state index is -0.907. The number of aliphatic hydroxyl groups is 2. The van der Waals surface area contributed by atoms with E-state index in [1.165, 1.54) is 7.11 Å². The molecule has 1 aromatic carbocycles. The maximum Gasteiger partial charge on any atom is 0.164 e. The Balaban J connectivity index is 2.75. The molecule has 1 atom stereocenters. The summed E-state index contributed by atoms with van der Waals surface area (Å²) in [6, 6.07) is 5.11. The minimum Gasteiger partial charge on any atom is -0.497 e. The van der Waals surface area contributed by atoms with Gasteiger partial charge in [0, 0.05) is 6.07 Å². The summed E-state index contributed by atoms with van der Waals surface area (Å²) in [6.45, 7) is -0.341. The van der Waals surface area contributed by atoms with Crippen LogP contribution in [0.2, 0.25) is 0 Å². The molecule has 0 aliphatic carbocycles. The first-order chi connectivity index (χ1) is 7.71. The number of aliphatic hydroxyl groups excluding tert-OH is 2. The molecule has 0 bridgehead atoms. The van der Waals surface area contributed by atoms with E-state index in [0.717, 1.165) is 0 Å². The van der Waals surface area contributed by atoms with Crippen molar-refractivity contribution in [2.24, 2.45) is 0 Å². The summed E-state index contributed by atoms with van der Waals surface area (Å²) in [5.41, 5.74) is 0. The van der Waals surface area contributed by atoms with Crippen molar-refractivity contribution in [3.05, 3.63) is 18.2 Å². The Hall–Kier alpha value is -1.46. The summed E-state index contributed by atoms with van der Waals surface area (Å²) >= 11 is 0. The number of ether oxygens (including phenoxy) is 3. The Labute approximate surface area is 94.2 Å². The van der Waals surface area contributed by atoms with Crippen molar-refractivity contribution in [3.8, 4) is 17.2 Å². The minimum absolute atomic E-state index is 0.0000274. The Kier molecular flexibility index (Phi) is 4.88. The third-order valence-corrected chi connectivity index (χ3v) is 2.01. The molecule has 0 heterocycles. The van der Waals surface area contributed by atoms with Gasteiger partial charge in [-0.1, -0.05) is 0 Å². The summed E-state index contributed by atoms with van der Waals surface area (Å²) in [6.07, 6.45) is -0.907. The molecule has 1 unspecified atom stereocenters. The Bertz CT molecular complexity index is 326. The highest BCUT2D eigenvalue weighted by Crippen LogP contribution is 2.31. The van der Waals surface area contributed by atoms with E-state index in [1.807, 2.05) is 0 Å². The van der Waals surface area contributed by atoms with Crippen molar-refractivity contribution in [2.75, 3.05) is 27.4 Å². The van der Waals surface area contributed by atoms with Crippen LogP contribution in [0.15, 0.2) is 18.2 Å². The summed E-state index contributed by atoms with van der Waals surface area (Å²) in [5, 5.41) is 17.8. The average Bonchev–Trinajstić information content (AvgIpc) is 2.35. The topological polar surface area (TPSA) is 68.2 Å². The van der Waals surface area contributed by atoms with Gasteiger partial charge in [-0.3, -0.25) is 0 Å². The van der Waals surface area contributed by atoms with Crippen LogP contribution >= 0.6 is 0 Å². The SMILES string of the molecule is COc1ccc(OC)c(OCC(O)CO)c1. The van der Waals surface area contributed by atoms with Crippen LogP contribution < -0.4 is 14.2 Å². The fraction of sp³-hybridized carbons (Fsp3) is 0.455. The molecule has 0 aliphatic rings. The second-order valence-corrected chi connectivity index (χ2v) is 3.16. The first-order valence-corrected chi connectivity index (χ1v) is 4.85. The van der Waals surface area contributed by atoms with Crippen LogP contribution in [0.4, 0.5) is 0 Å². The van der Waals surface area contributed by atoms with Gasteiger partial charge in [0.1, 0.15) is 18.5 Å². The fourth-order valence-corrected chi connectivity index (χ4v) is 1.14. The molecule has 0 aliphatic heterocycles. The Morgan fingerprint density at radius 2 is 1.94 bits per heavy atom. The van der Waals surface area contributed by atoms with Crippen molar-refractivity contribution in [1.29, 1.82) is 0 Å². The molecule has 1 rings (SSSR count). The molecule has 0 spiro atoms. The van der Waals surface area contributed by atoms with Gasteiger partial charge in [0.25, 0.3) is 0 Å². The molecule has 5 heteroatoms. The Morgan fingerprint density at radius 1 is 1.19 bits per heavy atom. The molecule has 90 valence electrons. The van der Waals surface area contributed by atoms with Crippen molar-refractivity contribution < 1.29 is 24.4 Å². The largest absolute Gasteiger partial charge is 0.497 e. The van der Waals surface area contributed by atoms with E-state index < -0.39 is 6.10 Å². The number of hydrogen-bond acceptors (Lipinski definition) is 5. The summed E-state index contributed by atoms with van der Waals surface area (Å²) < 4.78 is 15.4. The molecule has 0 saturated carbocycles. The predicted octanol–water partition coefficient (Wildman–Crippen LogP) is 0.436. The van der Waals surface area contributed by atoms with Crippen LogP contribution in [0.1, 0.15) is 0 Å². The predicted molar refractivity (Wildman–Crippen MR) is 58.1 cm³/mol. The number of rotatable bonds is 6. The molecular formula is C11H16O5. The third-order valence-electron chi connectivity index (χ3n) is 2.01. The quantitative estimate of drug-likeness (QED) is 0.739. The van der Waals surface area contributed by atoms with Crippen molar-refractivity contribution >= 4 is 0 Å². The van der Waals surface area contributed by atoms with E-state index >= 15 is 0 Å². The first-order valence-electron chi connectivity index (χ1n) is 4.85. The van der Waals surface area contributed by atoms with E-state index in [0.29, 0.717) is 17.2 Å². The van der Waals surface area contributed by atoms with E-state index in [2.05, 4.69) is 0 Å². The standard InChI is InChI=1S/C11H16O5/c1-14-9-3-4-10(15-2)11(5-9)16-7-8(13)6-12/h3-5,8,12-13H,6-7H2,1-2H3. The van der Waals surface area contributed by atoms with Gasteiger partial charge >= 0.3 is 0 Å². The van der Waals surface area contributed by atoms with Crippen molar-refractivity contribution in [1.82, 2.24) is 0 Å². The summed E-state index contributed by atoms with van der Waals surface area (Å²) in [7, 11) is 3.07. The van der Waals surface area contributed by atoms with Gasteiger partial charge in [0.2, 0.25) is 0 Å². The second kappa shape index (κ2) is 6.19. The van der Waals surface area contributed by atoms with Gasteiger partial charge in [-0.25, -0.2) is 0 Å². The number of benzene rings is 1. The second-order valence-electron chi connectivity index (χ2n) is 3.16. The highest BCUT2D eigenvalue weighted by atomic mass is 16.5. The van der Waals surface area contributed by atoms with Crippen LogP contribution in [0, 0.1) is 0 Å². The maximum atomic E-state index is 9.16. The van der Waals surface area contributed by atoms with Crippen molar-refractivity contribution in [3.63, 3.8) is 0 Å². The summed E-state index contributed by atoms with van der Waals surface area (Å²) in [4.78, 5) is 0. The maximum absolute atomic E-state index is 9.16. The average molecular weight is 228 g/mol. The monoisotopic (exact) mass is 228 g/mol. The van der Waals surface area contributed by atoms with Gasteiger partial charge in [0.05, 0.1) is 20.8 Å². The first kappa shape index (κ1) is 12.6. The molecule has 16 heavy (non-hydrogen) atoms. The normalized spacial score (nSPS) is 12.0. The number of hydrogen-bond donors (Lipinski definition) is 2. The highest BCUT2D eigenvalue weighted by Gasteiger charge is 2.09. The molecule has 1 aromatic rings. The molecule has 0 radical (unpaired) electrons. The van der Waals surface area contributed by atoms with Crippen LogP contribution in [0.5, 0.6) is 17.2 Å². The third kappa shape index (κ3) is 3.29. The number of methoxy groups -OCH3 is 2. The lowest BCUT2D eigenvalue weighted by molar-refractivity contribution is 0.0526. The molecule has 0 fully saturated rings. The zero-order valence-electron chi connectivity index (χ0n) is 9.34. The van der Waals surface area contributed by atoms with E-state index in [4.69, 9.17) is 24.4 Å². The van der Waals surface area contributed by atoms with Gasteiger partial charge in [-0.05, 0) is 12.1 Å². The van der Waals surface area contributed by atoms with Crippen LogP contribution in [-0.4, -0.2) is 43.8 Å². The van der Waals surface area contributed by atoms with Crippen LogP contribution in [0.3, 0.4) is 0 Å². The molecule has 0 aromatic heterocycles. The van der Waals surface area contributed by atoms with Crippen molar-refractivity contribution in [2.45, 2.75) is 6.10 Å². The zero-order valence-corrected chi connectivity index (χ0v) is 9.34. The fourth-order valence-electron chi connectivity index (χ4n) is 1.14. The van der Waals surface area contributed by atoms with Crippen LogP contribution in [-0.2, 0) is 0 Å². The molecule has 0 saturated heterocycles. The van der Waals surface area contributed by atoms with Gasteiger partial charge in [-0.15, -0.1) is 0 Å². The molecule has 2 N–H and O–H groups in total. The highest BCUT2D eigenvalue weighted by molar-refractivity contribution is 5.45. The van der Waals surface area contributed by atoms with Gasteiger partial charge < -0.3 is 24.4 Å². The van der Waals surface area contributed by atoms with Gasteiger partial charge in [0.15, 0.2) is 11.5 Å². The Morgan fingerprint density at radius 3 is 2.50 bits per heavy atom.